The van der Waals surface area contributed by atoms with Crippen LogP contribution < -0.4 is 0 Å². The summed E-state index contributed by atoms with van der Waals surface area (Å²) in [6.45, 7) is 11.2. The van der Waals surface area contributed by atoms with Crippen molar-refractivity contribution < 1.29 is 4.79 Å². The van der Waals surface area contributed by atoms with Crippen LogP contribution in [0.25, 0.3) is 0 Å². The lowest BCUT2D eigenvalue weighted by atomic mass is 9.88. The van der Waals surface area contributed by atoms with E-state index in [1.54, 1.807) is 6.92 Å². The molecule has 2 nitrogen and oxygen atoms in total. The minimum absolute atomic E-state index is 0.179. The van der Waals surface area contributed by atoms with E-state index < -0.39 is 0 Å². The van der Waals surface area contributed by atoms with Crippen LogP contribution in [0.4, 0.5) is 0 Å². The molecule has 0 radical (unpaired) electrons. The Balaban J connectivity index is 2.47. The summed E-state index contributed by atoms with van der Waals surface area (Å²) in [7, 11) is 0. The quantitative estimate of drug-likeness (QED) is 0.718. The van der Waals surface area contributed by atoms with Crippen LogP contribution in [0.15, 0.2) is 0 Å². The van der Waals surface area contributed by atoms with E-state index in [4.69, 9.17) is 0 Å². The number of carbonyl (C=O) groups is 1. The second-order valence-electron chi connectivity index (χ2n) is 4.86. The molecule has 1 aliphatic rings. The van der Waals surface area contributed by atoms with E-state index in [2.05, 4.69) is 11.8 Å². The average Bonchev–Trinajstić information content (AvgIpc) is 2.02. The van der Waals surface area contributed by atoms with Crippen LogP contribution in [0.3, 0.4) is 0 Å². The Morgan fingerprint density at radius 3 is 2.71 bits per heavy atom. The summed E-state index contributed by atoms with van der Waals surface area (Å²) in [4.78, 5) is 13.8. The van der Waals surface area contributed by atoms with Gasteiger partial charge in [0, 0.05) is 36.1 Å². The number of Topliss-reactive ketones (excluding diaryl/α,β-unsaturated/α-hetero) is 1. The first kappa shape index (κ1) is 12.1. The first-order chi connectivity index (χ1) is 6.42. The maximum absolute atomic E-state index is 11.4. The van der Waals surface area contributed by atoms with Gasteiger partial charge < -0.3 is 4.90 Å². The van der Waals surface area contributed by atoms with Crippen molar-refractivity contribution in [1.29, 1.82) is 0 Å². The van der Waals surface area contributed by atoms with Crippen LogP contribution in [-0.4, -0.2) is 41.3 Å². The number of nitrogens with zero attached hydrogens (tertiary/aromatic N) is 1. The Morgan fingerprint density at radius 1 is 1.57 bits per heavy atom. The van der Waals surface area contributed by atoms with Crippen molar-refractivity contribution in [2.24, 2.45) is 5.41 Å². The third-order valence-corrected chi connectivity index (χ3v) is 4.03. The molecular formula is C11H21NOS. The first-order valence-corrected chi connectivity index (χ1v) is 6.32. The number of thioether (sulfide) groups is 1. The standard InChI is InChI=1S/C11H21NOS/c1-9-7-12(5-6-14-9)8-11(3,4)10(2)13/h9H,5-8H2,1-4H3. The van der Waals surface area contributed by atoms with Crippen molar-refractivity contribution in [1.82, 2.24) is 4.90 Å². The predicted molar refractivity (Wildman–Crippen MR) is 62.8 cm³/mol. The molecule has 0 spiro atoms. The fraction of sp³-hybridized carbons (Fsp3) is 0.909. The highest BCUT2D eigenvalue weighted by molar-refractivity contribution is 7.99. The molecule has 1 unspecified atom stereocenters. The molecule has 0 saturated carbocycles. The molecule has 0 aliphatic carbocycles. The molecule has 82 valence electrons. The zero-order chi connectivity index (χ0) is 10.8. The van der Waals surface area contributed by atoms with E-state index in [1.165, 1.54) is 5.75 Å². The lowest BCUT2D eigenvalue weighted by Crippen LogP contribution is -2.44. The molecule has 0 aromatic carbocycles. The van der Waals surface area contributed by atoms with Crippen LogP contribution >= 0.6 is 11.8 Å². The molecule has 1 heterocycles. The minimum Gasteiger partial charge on any atom is -0.300 e. The van der Waals surface area contributed by atoms with Crippen LogP contribution in [0.5, 0.6) is 0 Å². The van der Waals surface area contributed by atoms with Crippen molar-refractivity contribution in [3.8, 4) is 0 Å². The third kappa shape index (κ3) is 3.28. The van der Waals surface area contributed by atoms with Gasteiger partial charge in [-0.1, -0.05) is 20.8 Å². The predicted octanol–water partition coefficient (Wildman–Crippen LogP) is 2.04. The van der Waals surface area contributed by atoms with Crippen LogP contribution in [0.1, 0.15) is 27.7 Å². The summed E-state index contributed by atoms with van der Waals surface area (Å²) < 4.78 is 0. The highest BCUT2D eigenvalue weighted by Crippen LogP contribution is 2.23. The van der Waals surface area contributed by atoms with E-state index in [1.807, 2.05) is 25.6 Å². The Kier molecular flexibility index (Phi) is 4.02. The highest BCUT2D eigenvalue weighted by atomic mass is 32.2. The molecule has 0 amide bonds. The van der Waals surface area contributed by atoms with Crippen molar-refractivity contribution in [3.63, 3.8) is 0 Å². The number of hydrogen-bond donors (Lipinski definition) is 0. The summed E-state index contributed by atoms with van der Waals surface area (Å²) in [6.07, 6.45) is 0. The largest absolute Gasteiger partial charge is 0.300 e. The Morgan fingerprint density at radius 2 is 2.21 bits per heavy atom. The van der Waals surface area contributed by atoms with E-state index in [0.717, 1.165) is 19.6 Å². The van der Waals surface area contributed by atoms with Crippen LogP contribution in [0.2, 0.25) is 0 Å². The van der Waals surface area contributed by atoms with Crippen molar-refractivity contribution in [3.05, 3.63) is 0 Å². The number of carbonyl (C=O) groups excluding carboxylic acids is 1. The molecule has 1 saturated heterocycles. The number of ketones is 1. The summed E-state index contributed by atoms with van der Waals surface area (Å²) in [5.41, 5.74) is -0.179. The molecule has 3 heteroatoms. The lowest BCUT2D eigenvalue weighted by Gasteiger charge is -2.35. The minimum atomic E-state index is -0.179. The van der Waals surface area contributed by atoms with E-state index >= 15 is 0 Å². The molecule has 0 N–H and O–H groups in total. The maximum Gasteiger partial charge on any atom is 0.136 e. The summed E-state index contributed by atoms with van der Waals surface area (Å²) in [6, 6.07) is 0. The SMILES string of the molecule is CC(=O)C(C)(C)CN1CCSC(C)C1. The Labute approximate surface area is 91.4 Å². The molecule has 0 bridgehead atoms. The molecule has 0 aromatic rings. The summed E-state index contributed by atoms with van der Waals surface area (Å²) in [5, 5.41) is 0.714. The first-order valence-electron chi connectivity index (χ1n) is 5.27. The zero-order valence-electron chi connectivity index (χ0n) is 9.67. The maximum atomic E-state index is 11.4. The molecule has 1 aliphatic heterocycles. The normalized spacial score (nSPS) is 25.0. The molecular weight excluding hydrogens is 194 g/mol. The fourth-order valence-corrected chi connectivity index (χ4v) is 2.79. The highest BCUT2D eigenvalue weighted by Gasteiger charge is 2.28. The van der Waals surface area contributed by atoms with Gasteiger partial charge >= 0.3 is 0 Å². The Bertz CT molecular complexity index is 215. The molecule has 0 aromatic heterocycles. The third-order valence-electron chi connectivity index (χ3n) is 2.90. The van der Waals surface area contributed by atoms with Crippen molar-refractivity contribution >= 4 is 17.5 Å². The fourth-order valence-electron chi connectivity index (χ4n) is 1.70. The van der Waals surface area contributed by atoms with Gasteiger partial charge in [-0.2, -0.15) is 11.8 Å². The average molecular weight is 215 g/mol. The van der Waals surface area contributed by atoms with Gasteiger partial charge in [0.15, 0.2) is 0 Å². The van der Waals surface area contributed by atoms with E-state index in [0.29, 0.717) is 11.0 Å². The summed E-state index contributed by atoms with van der Waals surface area (Å²) in [5.74, 6) is 1.50. The second kappa shape index (κ2) is 4.67. The topological polar surface area (TPSA) is 20.3 Å². The molecule has 1 fully saturated rings. The van der Waals surface area contributed by atoms with Gasteiger partial charge in [-0.25, -0.2) is 0 Å². The van der Waals surface area contributed by atoms with Crippen LogP contribution in [-0.2, 0) is 4.79 Å². The van der Waals surface area contributed by atoms with Gasteiger partial charge in [0.05, 0.1) is 0 Å². The van der Waals surface area contributed by atoms with E-state index in [-0.39, 0.29) is 5.41 Å². The monoisotopic (exact) mass is 215 g/mol. The van der Waals surface area contributed by atoms with E-state index in [9.17, 15) is 4.79 Å². The number of rotatable bonds is 3. The summed E-state index contributed by atoms with van der Waals surface area (Å²) >= 11 is 2.03. The van der Waals surface area contributed by atoms with Gasteiger partial charge in [-0.05, 0) is 6.92 Å². The van der Waals surface area contributed by atoms with Gasteiger partial charge in [0.2, 0.25) is 0 Å². The smallest absolute Gasteiger partial charge is 0.136 e. The van der Waals surface area contributed by atoms with Crippen molar-refractivity contribution in [2.45, 2.75) is 32.9 Å². The molecule has 1 rings (SSSR count). The lowest BCUT2D eigenvalue weighted by molar-refractivity contribution is -0.125. The van der Waals surface area contributed by atoms with Gasteiger partial charge in [0.1, 0.15) is 5.78 Å². The van der Waals surface area contributed by atoms with Crippen LogP contribution in [0, 0.1) is 5.41 Å². The second-order valence-corrected chi connectivity index (χ2v) is 6.40. The molecule has 1 atom stereocenters. The number of hydrogen-bond acceptors (Lipinski definition) is 3. The molecule has 14 heavy (non-hydrogen) atoms. The zero-order valence-corrected chi connectivity index (χ0v) is 10.5. The van der Waals surface area contributed by atoms with Gasteiger partial charge in [0.25, 0.3) is 0 Å². The van der Waals surface area contributed by atoms with Gasteiger partial charge in [-0.3, -0.25) is 4.79 Å². The Hall–Kier alpha value is -0.0200. The van der Waals surface area contributed by atoms with Crippen molar-refractivity contribution in [2.75, 3.05) is 25.4 Å². The van der Waals surface area contributed by atoms with Gasteiger partial charge in [-0.15, -0.1) is 0 Å².